The minimum absolute atomic E-state index is 0.00703. The van der Waals surface area contributed by atoms with Crippen molar-refractivity contribution in [2.75, 3.05) is 6.54 Å². The highest BCUT2D eigenvalue weighted by atomic mass is 16.5. The average Bonchev–Trinajstić information content (AvgIpc) is 2.27. The molecule has 2 nitrogen and oxygen atoms in total. The summed E-state index contributed by atoms with van der Waals surface area (Å²) >= 11 is 0. The molecule has 1 aliphatic heterocycles. The van der Waals surface area contributed by atoms with E-state index in [2.05, 4.69) is 60.7 Å². The van der Waals surface area contributed by atoms with E-state index in [1.807, 2.05) is 0 Å². The minimum Gasteiger partial charge on any atom is -0.369 e. The molecule has 1 fully saturated rings. The third-order valence-electron chi connectivity index (χ3n) is 3.90. The Balaban J connectivity index is 2.95. The van der Waals surface area contributed by atoms with Gasteiger partial charge in [-0.15, -0.1) is 0 Å². The average molecular weight is 241 g/mol. The maximum Gasteiger partial charge on any atom is 0.0677 e. The van der Waals surface area contributed by atoms with E-state index in [9.17, 15) is 0 Å². The normalized spacial score (nSPS) is 29.3. The van der Waals surface area contributed by atoms with Gasteiger partial charge in [0.1, 0.15) is 0 Å². The number of hydrogen-bond donors (Lipinski definition) is 1. The van der Waals surface area contributed by atoms with Crippen molar-refractivity contribution < 1.29 is 4.74 Å². The number of rotatable bonds is 3. The van der Waals surface area contributed by atoms with Gasteiger partial charge in [-0.25, -0.2) is 0 Å². The van der Waals surface area contributed by atoms with Gasteiger partial charge in [0.05, 0.1) is 11.2 Å². The van der Waals surface area contributed by atoms with Crippen LogP contribution < -0.4 is 5.32 Å². The third kappa shape index (κ3) is 3.45. The van der Waals surface area contributed by atoms with Crippen LogP contribution in [-0.2, 0) is 4.74 Å². The van der Waals surface area contributed by atoms with E-state index in [4.69, 9.17) is 4.74 Å². The topological polar surface area (TPSA) is 21.3 Å². The zero-order valence-corrected chi connectivity index (χ0v) is 13.0. The van der Waals surface area contributed by atoms with Gasteiger partial charge in [0, 0.05) is 12.0 Å². The first kappa shape index (κ1) is 15.0. The van der Waals surface area contributed by atoms with Gasteiger partial charge in [-0.05, 0) is 46.1 Å². The molecule has 0 saturated carbocycles. The molecule has 17 heavy (non-hydrogen) atoms. The van der Waals surface area contributed by atoms with Crippen molar-refractivity contribution in [2.45, 2.75) is 79.1 Å². The van der Waals surface area contributed by atoms with Crippen LogP contribution in [0.15, 0.2) is 0 Å². The molecule has 0 bridgehead atoms. The molecule has 0 amide bonds. The van der Waals surface area contributed by atoms with E-state index in [1.54, 1.807) is 0 Å². The van der Waals surface area contributed by atoms with Gasteiger partial charge >= 0.3 is 0 Å². The van der Waals surface area contributed by atoms with E-state index in [0.29, 0.717) is 12.0 Å². The Bertz CT molecular complexity index is 263. The molecule has 0 aromatic carbocycles. The summed E-state index contributed by atoms with van der Waals surface area (Å²) in [6.45, 7) is 19.1. The summed E-state index contributed by atoms with van der Waals surface area (Å²) in [5.41, 5.74) is 0.235. The Kier molecular flexibility index (Phi) is 4.01. The van der Waals surface area contributed by atoms with Gasteiger partial charge in [0.2, 0.25) is 0 Å². The highest BCUT2D eigenvalue weighted by Gasteiger charge is 2.51. The maximum absolute atomic E-state index is 6.23. The zero-order chi connectivity index (χ0) is 13.5. The molecule has 1 N–H and O–H groups in total. The maximum atomic E-state index is 6.23. The molecule has 0 radical (unpaired) electrons. The van der Waals surface area contributed by atoms with Crippen LogP contribution in [0.5, 0.6) is 0 Å². The Labute approximate surface area is 108 Å². The molecule has 0 aromatic heterocycles. The second-order valence-electron chi connectivity index (χ2n) is 7.68. The molecule has 0 aliphatic carbocycles. The predicted octanol–water partition coefficient (Wildman–Crippen LogP) is 3.60. The van der Waals surface area contributed by atoms with Crippen molar-refractivity contribution in [3.8, 4) is 0 Å². The van der Waals surface area contributed by atoms with Crippen molar-refractivity contribution in [3.63, 3.8) is 0 Å². The van der Waals surface area contributed by atoms with Gasteiger partial charge in [0.25, 0.3) is 0 Å². The van der Waals surface area contributed by atoms with E-state index >= 15 is 0 Å². The predicted molar refractivity (Wildman–Crippen MR) is 74.3 cm³/mol. The van der Waals surface area contributed by atoms with Crippen LogP contribution in [0.3, 0.4) is 0 Å². The summed E-state index contributed by atoms with van der Waals surface area (Å²) in [6, 6.07) is 0.504. The lowest BCUT2D eigenvalue weighted by Crippen LogP contribution is -2.51. The molecule has 1 saturated heterocycles. The number of nitrogens with one attached hydrogen (secondary N) is 1. The van der Waals surface area contributed by atoms with E-state index < -0.39 is 0 Å². The second-order valence-corrected chi connectivity index (χ2v) is 7.68. The van der Waals surface area contributed by atoms with Crippen LogP contribution in [0.25, 0.3) is 0 Å². The van der Waals surface area contributed by atoms with Crippen molar-refractivity contribution in [1.82, 2.24) is 5.32 Å². The molecule has 2 unspecified atom stereocenters. The van der Waals surface area contributed by atoms with Crippen LogP contribution in [-0.4, -0.2) is 23.8 Å². The molecule has 1 aliphatic rings. The van der Waals surface area contributed by atoms with Crippen molar-refractivity contribution in [3.05, 3.63) is 0 Å². The molecule has 0 spiro atoms. The monoisotopic (exact) mass is 241 g/mol. The van der Waals surface area contributed by atoms with Crippen LogP contribution in [0, 0.1) is 11.3 Å². The summed E-state index contributed by atoms with van der Waals surface area (Å²) in [6.07, 6.45) is 1.13. The lowest BCUT2D eigenvalue weighted by atomic mass is 9.71. The summed E-state index contributed by atoms with van der Waals surface area (Å²) in [5.74, 6) is 0.567. The number of ether oxygens (including phenoxy) is 1. The first-order valence-corrected chi connectivity index (χ1v) is 6.93. The Hall–Kier alpha value is -0.0800. The van der Waals surface area contributed by atoms with Gasteiger partial charge in [-0.2, -0.15) is 0 Å². The largest absolute Gasteiger partial charge is 0.369 e. The van der Waals surface area contributed by atoms with E-state index in [-0.39, 0.29) is 16.6 Å². The Morgan fingerprint density at radius 2 is 1.76 bits per heavy atom. The SMILES string of the molecule is CCNC(C1CC(C)(C)OC1(C)C)C(C)(C)C. The fourth-order valence-electron chi connectivity index (χ4n) is 3.40. The van der Waals surface area contributed by atoms with Gasteiger partial charge < -0.3 is 10.1 Å². The van der Waals surface area contributed by atoms with Crippen LogP contribution in [0.1, 0.15) is 61.8 Å². The summed E-state index contributed by atoms with van der Waals surface area (Å²) in [5, 5.41) is 3.68. The van der Waals surface area contributed by atoms with E-state index in [1.165, 1.54) is 0 Å². The van der Waals surface area contributed by atoms with Crippen LogP contribution >= 0.6 is 0 Å². The zero-order valence-electron chi connectivity index (χ0n) is 13.0. The lowest BCUT2D eigenvalue weighted by molar-refractivity contribution is -0.0815. The Morgan fingerprint density at radius 3 is 2.06 bits per heavy atom. The smallest absolute Gasteiger partial charge is 0.0677 e. The summed E-state index contributed by atoms with van der Waals surface area (Å²) in [4.78, 5) is 0. The highest BCUT2D eigenvalue weighted by Crippen LogP contribution is 2.46. The molecule has 1 rings (SSSR count). The van der Waals surface area contributed by atoms with Crippen molar-refractivity contribution in [2.24, 2.45) is 11.3 Å². The highest BCUT2D eigenvalue weighted by molar-refractivity contribution is 5.02. The van der Waals surface area contributed by atoms with Crippen molar-refractivity contribution in [1.29, 1.82) is 0 Å². The van der Waals surface area contributed by atoms with E-state index in [0.717, 1.165) is 13.0 Å². The standard InChI is InChI=1S/C15H31NO/c1-9-16-12(13(2,3)4)11-10-14(5,6)17-15(11,7)8/h11-12,16H,9-10H2,1-8H3. The van der Waals surface area contributed by atoms with Crippen LogP contribution in [0.2, 0.25) is 0 Å². The Morgan fingerprint density at radius 1 is 1.24 bits per heavy atom. The third-order valence-corrected chi connectivity index (χ3v) is 3.90. The molecule has 0 aromatic rings. The first-order valence-electron chi connectivity index (χ1n) is 6.93. The second kappa shape index (κ2) is 4.55. The molecular formula is C15H31NO. The van der Waals surface area contributed by atoms with Gasteiger partial charge in [0.15, 0.2) is 0 Å². The molecule has 1 heterocycles. The van der Waals surface area contributed by atoms with Crippen LogP contribution in [0.4, 0.5) is 0 Å². The van der Waals surface area contributed by atoms with Gasteiger partial charge in [-0.3, -0.25) is 0 Å². The molecular weight excluding hydrogens is 210 g/mol. The first-order chi connectivity index (χ1) is 7.49. The summed E-state index contributed by atoms with van der Waals surface area (Å²) < 4.78 is 6.23. The molecule has 102 valence electrons. The molecule has 2 heteroatoms. The molecule has 2 atom stereocenters. The summed E-state index contributed by atoms with van der Waals surface area (Å²) in [7, 11) is 0. The lowest BCUT2D eigenvalue weighted by Gasteiger charge is -2.41. The van der Waals surface area contributed by atoms with Gasteiger partial charge in [-0.1, -0.05) is 27.7 Å². The quantitative estimate of drug-likeness (QED) is 0.815. The number of hydrogen-bond acceptors (Lipinski definition) is 2. The van der Waals surface area contributed by atoms with Crippen molar-refractivity contribution >= 4 is 0 Å². The fourth-order valence-corrected chi connectivity index (χ4v) is 3.40. The minimum atomic E-state index is -0.0381. The fraction of sp³-hybridized carbons (Fsp3) is 1.00.